The lowest BCUT2D eigenvalue weighted by Gasteiger charge is -2.32. The van der Waals surface area contributed by atoms with E-state index in [9.17, 15) is 21.6 Å². The Balaban J connectivity index is 0.00000529. The number of alkyl halides is 3. The lowest BCUT2D eigenvalue weighted by molar-refractivity contribution is -0.0494. The molecule has 144 valence electrons. The number of thioether (sulfide) groups is 1. The van der Waals surface area contributed by atoms with Gasteiger partial charge in [-0.3, -0.25) is 4.99 Å². The molecular formula is C12H24F3IN4O2S2. The molecule has 1 rings (SSSR count). The number of piperidine rings is 1. The highest BCUT2D eigenvalue weighted by molar-refractivity contribution is 14.0. The lowest BCUT2D eigenvalue weighted by atomic mass is 10.1. The zero-order valence-corrected chi connectivity index (χ0v) is 17.6. The van der Waals surface area contributed by atoms with Crippen molar-refractivity contribution in [2.45, 2.75) is 31.3 Å². The molecule has 0 saturated carbocycles. The van der Waals surface area contributed by atoms with Crippen LogP contribution in [0.1, 0.15) is 19.8 Å². The Morgan fingerprint density at radius 1 is 1.33 bits per heavy atom. The van der Waals surface area contributed by atoms with Gasteiger partial charge in [0.2, 0.25) is 0 Å². The smallest absolute Gasteiger partial charge is 0.357 e. The van der Waals surface area contributed by atoms with Crippen molar-refractivity contribution < 1.29 is 21.6 Å². The van der Waals surface area contributed by atoms with Crippen LogP contribution in [-0.2, 0) is 10.0 Å². The van der Waals surface area contributed by atoms with E-state index in [1.54, 1.807) is 11.8 Å². The molecule has 24 heavy (non-hydrogen) atoms. The van der Waals surface area contributed by atoms with Crippen LogP contribution in [0.3, 0.4) is 0 Å². The summed E-state index contributed by atoms with van der Waals surface area (Å²) in [6, 6.07) is -0.0956. The van der Waals surface area contributed by atoms with Gasteiger partial charge in [-0.25, -0.2) is 8.42 Å². The number of aliphatic imine (C=N–C) groups is 1. The fourth-order valence-corrected chi connectivity index (χ4v) is 3.41. The van der Waals surface area contributed by atoms with Crippen molar-refractivity contribution in [3.63, 3.8) is 0 Å². The molecule has 0 amide bonds. The average Bonchev–Trinajstić information content (AvgIpc) is 2.47. The highest BCUT2D eigenvalue weighted by Crippen LogP contribution is 2.28. The van der Waals surface area contributed by atoms with E-state index < -0.39 is 15.5 Å². The van der Waals surface area contributed by atoms with Crippen LogP contribution in [0.2, 0.25) is 0 Å². The van der Waals surface area contributed by atoms with E-state index in [0.29, 0.717) is 36.2 Å². The van der Waals surface area contributed by atoms with Gasteiger partial charge in [-0.15, -0.1) is 24.0 Å². The van der Waals surface area contributed by atoms with Gasteiger partial charge in [0.05, 0.1) is 6.54 Å². The molecule has 0 aliphatic carbocycles. The number of sulfonamides is 1. The largest absolute Gasteiger partial charge is 0.511 e. The van der Waals surface area contributed by atoms with Crippen LogP contribution in [0.5, 0.6) is 0 Å². The van der Waals surface area contributed by atoms with E-state index in [-0.39, 0.29) is 43.1 Å². The molecule has 1 heterocycles. The van der Waals surface area contributed by atoms with Crippen molar-refractivity contribution in [2.75, 3.05) is 38.2 Å². The van der Waals surface area contributed by atoms with Gasteiger partial charge in [0.15, 0.2) is 5.96 Å². The monoisotopic (exact) mass is 504 g/mol. The van der Waals surface area contributed by atoms with E-state index in [2.05, 4.69) is 15.6 Å². The Morgan fingerprint density at radius 3 is 2.38 bits per heavy atom. The normalized spacial score (nSPS) is 18.1. The summed E-state index contributed by atoms with van der Waals surface area (Å²) < 4.78 is 60.8. The number of halogens is 4. The summed E-state index contributed by atoms with van der Waals surface area (Å²) in [7, 11) is -5.22. The van der Waals surface area contributed by atoms with Crippen LogP contribution < -0.4 is 10.6 Å². The van der Waals surface area contributed by atoms with Gasteiger partial charge < -0.3 is 10.6 Å². The number of guanidine groups is 1. The molecule has 0 bridgehead atoms. The molecule has 0 atom stereocenters. The van der Waals surface area contributed by atoms with E-state index in [4.69, 9.17) is 0 Å². The first-order chi connectivity index (χ1) is 10.7. The van der Waals surface area contributed by atoms with Crippen LogP contribution in [0.15, 0.2) is 4.99 Å². The van der Waals surface area contributed by atoms with Crippen molar-refractivity contribution in [3.05, 3.63) is 0 Å². The van der Waals surface area contributed by atoms with Crippen LogP contribution in [0.4, 0.5) is 13.2 Å². The second kappa shape index (κ2) is 10.9. The van der Waals surface area contributed by atoms with Crippen LogP contribution >= 0.6 is 35.7 Å². The summed E-state index contributed by atoms with van der Waals surface area (Å²) in [4.78, 5) is 4.37. The van der Waals surface area contributed by atoms with Crippen molar-refractivity contribution >= 4 is 51.7 Å². The summed E-state index contributed by atoms with van der Waals surface area (Å²) in [6.45, 7) is 2.93. The molecule has 0 spiro atoms. The first-order valence-electron chi connectivity index (χ1n) is 7.32. The molecule has 0 aromatic carbocycles. The number of hydrogen-bond acceptors (Lipinski definition) is 4. The minimum Gasteiger partial charge on any atom is -0.357 e. The summed E-state index contributed by atoms with van der Waals surface area (Å²) in [6.07, 6.45) is 2.59. The van der Waals surface area contributed by atoms with Gasteiger partial charge >= 0.3 is 15.5 Å². The molecule has 0 aromatic heterocycles. The van der Waals surface area contributed by atoms with E-state index in [1.807, 2.05) is 13.2 Å². The maximum atomic E-state index is 12.5. The number of hydrogen-bond donors (Lipinski definition) is 2. The molecule has 1 saturated heterocycles. The Labute approximate surface area is 162 Å². The number of nitrogens with zero attached hydrogens (tertiary/aromatic N) is 2. The van der Waals surface area contributed by atoms with Crippen molar-refractivity contribution in [1.82, 2.24) is 14.9 Å². The predicted molar refractivity (Wildman–Crippen MR) is 102 cm³/mol. The first-order valence-corrected chi connectivity index (χ1v) is 10.2. The van der Waals surface area contributed by atoms with Crippen LogP contribution in [0, 0.1) is 0 Å². The van der Waals surface area contributed by atoms with Crippen LogP contribution in [0.25, 0.3) is 0 Å². The Kier molecular flexibility index (Phi) is 10.9. The Morgan fingerprint density at radius 2 is 1.92 bits per heavy atom. The second-order valence-electron chi connectivity index (χ2n) is 5.02. The Hall–Kier alpha value is 0.0500. The average molecular weight is 504 g/mol. The lowest BCUT2D eigenvalue weighted by Crippen LogP contribution is -2.51. The third-order valence-electron chi connectivity index (χ3n) is 3.34. The van der Waals surface area contributed by atoms with Gasteiger partial charge in [0.1, 0.15) is 0 Å². The molecule has 0 aromatic rings. The molecular weight excluding hydrogens is 480 g/mol. The highest BCUT2D eigenvalue weighted by Gasteiger charge is 2.50. The molecule has 1 aliphatic rings. The van der Waals surface area contributed by atoms with Crippen molar-refractivity contribution in [2.24, 2.45) is 4.99 Å². The minimum atomic E-state index is -5.23. The van der Waals surface area contributed by atoms with E-state index >= 15 is 0 Å². The summed E-state index contributed by atoms with van der Waals surface area (Å²) in [5.41, 5.74) is -5.23. The summed E-state index contributed by atoms with van der Waals surface area (Å²) >= 11 is 1.67. The van der Waals surface area contributed by atoms with E-state index in [0.717, 1.165) is 5.75 Å². The maximum absolute atomic E-state index is 12.5. The molecule has 0 radical (unpaired) electrons. The molecule has 12 heteroatoms. The van der Waals surface area contributed by atoms with Gasteiger partial charge in [0.25, 0.3) is 0 Å². The third kappa shape index (κ3) is 7.12. The highest BCUT2D eigenvalue weighted by atomic mass is 127. The number of rotatable bonds is 6. The van der Waals surface area contributed by atoms with Gasteiger partial charge in [-0.2, -0.15) is 29.2 Å². The van der Waals surface area contributed by atoms with Gasteiger partial charge in [-0.05, 0) is 26.0 Å². The van der Waals surface area contributed by atoms with E-state index in [1.165, 1.54) is 0 Å². The Bertz CT molecular complexity index is 495. The zero-order valence-electron chi connectivity index (χ0n) is 13.6. The van der Waals surface area contributed by atoms with Gasteiger partial charge in [0, 0.05) is 31.4 Å². The zero-order chi connectivity index (χ0) is 17.5. The second-order valence-corrected chi connectivity index (χ2v) is 7.94. The standard InChI is InChI=1S/C12H23F3N4O2S2.HI/c1-3-16-11(17-6-9-22-2)18-10-4-7-19(8-5-10)23(20,21)12(13,14)15;/h10H,3-9H2,1-2H3,(H2,16,17,18);1H. The predicted octanol–water partition coefficient (Wildman–Crippen LogP) is 1.84. The first kappa shape index (κ1) is 24.1. The van der Waals surface area contributed by atoms with Crippen molar-refractivity contribution in [1.29, 1.82) is 0 Å². The topological polar surface area (TPSA) is 73.8 Å². The summed E-state index contributed by atoms with van der Waals surface area (Å²) in [5, 5.41) is 6.23. The maximum Gasteiger partial charge on any atom is 0.511 e. The SMILES string of the molecule is CCNC(=NCCSC)NC1CCN(S(=O)(=O)C(F)(F)F)CC1.I. The third-order valence-corrected chi connectivity index (χ3v) is 5.56. The number of nitrogens with one attached hydrogen (secondary N) is 2. The molecule has 0 unspecified atom stereocenters. The van der Waals surface area contributed by atoms with Crippen molar-refractivity contribution in [3.8, 4) is 0 Å². The van der Waals surface area contributed by atoms with Crippen LogP contribution in [-0.4, -0.2) is 68.4 Å². The fraction of sp³-hybridized carbons (Fsp3) is 0.917. The molecule has 1 aliphatic heterocycles. The quantitative estimate of drug-likeness (QED) is 0.250. The molecule has 6 nitrogen and oxygen atoms in total. The minimum absolute atomic E-state index is 0. The fourth-order valence-electron chi connectivity index (χ4n) is 2.15. The molecule has 2 N–H and O–H groups in total. The van der Waals surface area contributed by atoms with Gasteiger partial charge in [-0.1, -0.05) is 0 Å². The summed E-state index contributed by atoms with van der Waals surface area (Å²) in [5.74, 6) is 1.48. The molecule has 1 fully saturated rings.